The predicted molar refractivity (Wildman–Crippen MR) is 120 cm³/mol. The number of alkyl halides is 1. The van der Waals surface area contributed by atoms with Crippen LogP contribution in [0.15, 0.2) is 58.8 Å². The summed E-state index contributed by atoms with van der Waals surface area (Å²) in [5, 5.41) is 20.0. The summed E-state index contributed by atoms with van der Waals surface area (Å²) in [6.07, 6.45) is 10.2. The number of hydrogen-bond donors (Lipinski definition) is 0. The highest BCUT2D eigenvalue weighted by Gasteiger charge is 2.03. The van der Waals surface area contributed by atoms with E-state index in [0.717, 1.165) is 24.1 Å². The molecule has 0 saturated heterocycles. The minimum absolute atomic E-state index is 0.0377. The molecule has 0 aliphatic rings. The Balaban J connectivity index is 1.62. The second-order valence-corrected chi connectivity index (χ2v) is 7.63. The van der Waals surface area contributed by atoms with Crippen molar-refractivity contribution in [3.63, 3.8) is 0 Å². The molecule has 0 fully saturated rings. The van der Waals surface area contributed by atoms with E-state index in [-0.39, 0.29) is 5.69 Å². The first-order chi connectivity index (χ1) is 14.2. The first kappa shape index (κ1) is 23.0. The molecule has 0 bridgehead atoms. The molecular weight excluding hydrogens is 434 g/mol. The molecule has 6 nitrogen and oxygen atoms in total. The molecule has 156 valence electrons. The van der Waals surface area contributed by atoms with Crippen molar-refractivity contribution >= 4 is 33.0 Å². The second-order valence-electron chi connectivity index (χ2n) is 6.83. The maximum Gasteiger partial charge on any atom is 0.269 e. The molecule has 2 rings (SSSR count). The molecule has 0 unspecified atom stereocenters. The molecule has 0 aliphatic heterocycles. The van der Waals surface area contributed by atoms with Crippen molar-refractivity contribution in [2.24, 2.45) is 10.2 Å². The number of halogens is 1. The number of azo groups is 1. The van der Waals surface area contributed by atoms with Gasteiger partial charge in [0.15, 0.2) is 0 Å². The summed E-state index contributed by atoms with van der Waals surface area (Å²) in [6.45, 7) is 0.729. The van der Waals surface area contributed by atoms with E-state index in [1.54, 1.807) is 12.1 Å². The molecule has 2 aromatic rings. The molecule has 2 aromatic carbocycles. The van der Waals surface area contributed by atoms with Gasteiger partial charge in [0.25, 0.3) is 5.69 Å². The van der Waals surface area contributed by atoms with Crippen LogP contribution in [-0.4, -0.2) is 16.9 Å². The SMILES string of the molecule is O=[N+]([O-])c1ccc(N=Nc2ccc(OCCCCCCCCCCBr)cc2)cc1. The fourth-order valence-corrected chi connectivity index (χ4v) is 3.21. The number of nitro benzene ring substituents is 1. The molecule has 0 aliphatic carbocycles. The molecule has 0 saturated carbocycles. The van der Waals surface area contributed by atoms with Gasteiger partial charge in [-0.1, -0.05) is 54.5 Å². The number of rotatable bonds is 14. The fraction of sp³-hybridized carbons (Fsp3) is 0.455. The number of nitro groups is 1. The Kier molecular flexibility index (Phi) is 11.0. The molecule has 0 atom stereocenters. The number of unbranched alkanes of at least 4 members (excludes halogenated alkanes) is 7. The summed E-state index contributed by atoms with van der Waals surface area (Å²) in [7, 11) is 0. The lowest BCUT2D eigenvalue weighted by molar-refractivity contribution is -0.384. The third kappa shape index (κ3) is 9.65. The van der Waals surface area contributed by atoms with Crippen LogP contribution in [0.5, 0.6) is 5.75 Å². The maximum atomic E-state index is 10.6. The lowest BCUT2D eigenvalue weighted by Gasteiger charge is -2.06. The lowest BCUT2D eigenvalue weighted by atomic mass is 10.1. The summed E-state index contributed by atoms with van der Waals surface area (Å²) in [5.74, 6) is 0.828. The number of nitrogens with zero attached hydrogens (tertiary/aromatic N) is 3. The molecule has 7 heteroatoms. The zero-order chi connectivity index (χ0) is 20.7. The van der Waals surface area contributed by atoms with Crippen LogP contribution in [0.25, 0.3) is 0 Å². The van der Waals surface area contributed by atoms with E-state index in [9.17, 15) is 10.1 Å². The highest BCUT2D eigenvalue weighted by molar-refractivity contribution is 9.09. The maximum absolute atomic E-state index is 10.6. The number of hydrogen-bond acceptors (Lipinski definition) is 5. The fourth-order valence-electron chi connectivity index (χ4n) is 2.81. The van der Waals surface area contributed by atoms with Gasteiger partial charge in [-0.15, -0.1) is 0 Å². The Labute approximate surface area is 180 Å². The molecule has 0 spiro atoms. The van der Waals surface area contributed by atoms with E-state index >= 15 is 0 Å². The van der Waals surface area contributed by atoms with Gasteiger partial charge in [0.05, 0.1) is 22.9 Å². The topological polar surface area (TPSA) is 77.1 Å². The summed E-state index contributed by atoms with van der Waals surface area (Å²) in [5.41, 5.74) is 1.31. The van der Waals surface area contributed by atoms with Crippen molar-refractivity contribution in [3.05, 3.63) is 58.6 Å². The Morgan fingerprint density at radius 3 is 1.76 bits per heavy atom. The van der Waals surface area contributed by atoms with Gasteiger partial charge in [-0.3, -0.25) is 10.1 Å². The van der Waals surface area contributed by atoms with Gasteiger partial charge in [0.1, 0.15) is 5.75 Å². The standard InChI is InChI=1S/C22H28BrN3O3/c23-17-7-5-3-1-2-4-6-8-18-29-22-15-11-20(12-16-22)25-24-19-9-13-21(14-10-19)26(27)28/h9-16H,1-8,17-18H2. The summed E-state index contributed by atoms with van der Waals surface area (Å²) in [6, 6.07) is 13.4. The second kappa shape index (κ2) is 13.8. The van der Waals surface area contributed by atoms with Crippen LogP contribution in [0.3, 0.4) is 0 Å². The Bertz CT molecular complexity index is 749. The lowest BCUT2D eigenvalue weighted by Crippen LogP contribution is -1.96. The third-order valence-corrected chi connectivity index (χ3v) is 5.04. The van der Waals surface area contributed by atoms with E-state index < -0.39 is 4.92 Å². The number of non-ortho nitro benzene ring substituents is 1. The third-order valence-electron chi connectivity index (χ3n) is 4.47. The van der Waals surface area contributed by atoms with Crippen LogP contribution in [0.4, 0.5) is 17.1 Å². The van der Waals surface area contributed by atoms with E-state index in [1.807, 2.05) is 24.3 Å². The van der Waals surface area contributed by atoms with Crippen molar-refractivity contribution in [2.45, 2.75) is 51.4 Å². The summed E-state index contributed by atoms with van der Waals surface area (Å²) < 4.78 is 5.78. The molecule has 0 radical (unpaired) electrons. The quantitative estimate of drug-likeness (QED) is 0.0941. The van der Waals surface area contributed by atoms with Gasteiger partial charge in [0, 0.05) is 17.5 Å². The Morgan fingerprint density at radius 2 is 1.24 bits per heavy atom. The molecule has 0 aromatic heterocycles. The van der Waals surface area contributed by atoms with Gasteiger partial charge >= 0.3 is 0 Å². The van der Waals surface area contributed by atoms with Gasteiger partial charge in [-0.25, -0.2) is 0 Å². The van der Waals surface area contributed by atoms with Crippen LogP contribution < -0.4 is 4.74 Å². The normalized spacial score (nSPS) is 11.1. The van der Waals surface area contributed by atoms with Gasteiger partial charge < -0.3 is 4.74 Å². The highest BCUT2D eigenvalue weighted by Crippen LogP contribution is 2.23. The Hall–Kier alpha value is -2.28. The van der Waals surface area contributed by atoms with Gasteiger partial charge in [0.2, 0.25) is 0 Å². The van der Waals surface area contributed by atoms with Gasteiger partial charge in [-0.2, -0.15) is 10.2 Å². The van der Waals surface area contributed by atoms with Crippen molar-refractivity contribution < 1.29 is 9.66 Å². The molecular formula is C22H28BrN3O3. The van der Waals surface area contributed by atoms with E-state index in [2.05, 4.69) is 26.2 Å². The Morgan fingerprint density at radius 1 is 0.759 bits per heavy atom. The van der Waals surface area contributed by atoms with E-state index in [1.165, 1.54) is 57.1 Å². The number of ether oxygens (including phenoxy) is 1. The monoisotopic (exact) mass is 461 g/mol. The largest absolute Gasteiger partial charge is 0.494 e. The zero-order valence-electron chi connectivity index (χ0n) is 16.6. The van der Waals surface area contributed by atoms with Crippen molar-refractivity contribution in [1.82, 2.24) is 0 Å². The molecule has 0 heterocycles. The zero-order valence-corrected chi connectivity index (χ0v) is 18.2. The first-order valence-corrected chi connectivity index (χ1v) is 11.3. The van der Waals surface area contributed by atoms with Gasteiger partial charge in [-0.05, 0) is 49.2 Å². The van der Waals surface area contributed by atoms with Crippen LogP contribution in [-0.2, 0) is 0 Å². The summed E-state index contributed by atoms with van der Waals surface area (Å²) in [4.78, 5) is 10.2. The van der Waals surface area contributed by atoms with Crippen LogP contribution in [0.1, 0.15) is 51.4 Å². The average molecular weight is 462 g/mol. The first-order valence-electron chi connectivity index (χ1n) is 10.1. The van der Waals surface area contributed by atoms with Crippen molar-refractivity contribution in [1.29, 1.82) is 0 Å². The van der Waals surface area contributed by atoms with Crippen LogP contribution in [0, 0.1) is 10.1 Å². The van der Waals surface area contributed by atoms with Crippen LogP contribution in [0.2, 0.25) is 0 Å². The summed E-state index contributed by atoms with van der Waals surface area (Å²) >= 11 is 3.46. The average Bonchev–Trinajstić information content (AvgIpc) is 2.74. The molecule has 0 amide bonds. The van der Waals surface area contributed by atoms with Crippen molar-refractivity contribution in [2.75, 3.05) is 11.9 Å². The minimum atomic E-state index is -0.438. The highest BCUT2D eigenvalue weighted by atomic mass is 79.9. The number of benzene rings is 2. The molecule has 29 heavy (non-hydrogen) atoms. The smallest absolute Gasteiger partial charge is 0.269 e. The molecule has 0 N–H and O–H groups in total. The predicted octanol–water partition coefficient (Wildman–Crippen LogP) is 7.90. The minimum Gasteiger partial charge on any atom is -0.494 e. The van der Waals surface area contributed by atoms with E-state index in [0.29, 0.717) is 11.4 Å². The van der Waals surface area contributed by atoms with Crippen molar-refractivity contribution in [3.8, 4) is 5.75 Å². The van der Waals surface area contributed by atoms with E-state index in [4.69, 9.17) is 4.74 Å². The van der Waals surface area contributed by atoms with Crippen LogP contribution >= 0.6 is 15.9 Å².